The molecule has 0 atom stereocenters. The summed E-state index contributed by atoms with van der Waals surface area (Å²) in [5.74, 6) is -1.87. The molecule has 1 aromatic carbocycles. The van der Waals surface area contributed by atoms with Gasteiger partial charge in [0.05, 0.1) is 0 Å². The van der Waals surface area contributed by atoms with Crippen molar-refractivity contribution in [3.63, 3.8) is 0 Å². The first-order valence-electron chi connectivity index (χ1n) is 7.99. The molecule has 0 radical (unpaired) electrons. The number of alkyl halides is 2. The number of hydrogen-bond acceptors (Lipinski definition) is 2. The third-order valence-electron chi connectivity index (χ3n) is 4.76. The van der Waals surface area contributed by atoms with Crippen LogP contribution in [0.15, 0.2) is 18.2 Å². The van der Waals surface area contributed by atoms with Crippen molar-refractivity contribution in [3.8, 4) is 0 Å². The average Bonchev–Trinajstić information content (AvgIpc) is 2.47. The number of nitrogens with one attached hydrogen (secondary N) is 1. The second-order valence-corrected chi connectivity index (χ2v) is 6.47. The fourth-order valence-electron chi connectivity index (χ4n) is 3.46. The van der Waals surface area contributed by atoms with E-state index in [-0.39, 0.29) is 12.8 Å². The van der Waals surface area contributed by atoms with Crippen LogP contribution in [0, 0.1) is 6.92 Å². The molecule has 0 saturated carbocycles. The summed E-state index contributed by atoms with van der Waals surface area (Å²) in [6, 6.07) is 6.62. The van der Waals surface area contributed by atoms with Crippen molar-refractivity contribution >= 4 is 5.69 Å². The van der Waals surface area contributed by atoms with Gasteiger partial charge in [-0.3, -0.25) is 0 Å². The van der Waals surface area contributed by atoms with Gasteiger partial charge in [-0.25, -0.2) is 8.78 Å². The van der Waals surface area contributed by atoms with E-state index in [9.17, 15) is 8.78 Å². The predicted octanol–water partition coefficient (Wildman–Crippen LogP) is 3.70. The highest BCUT2D eigenvalue weighted by Crippen LogP contribution is 2.33. The molecule has 0 aromatic heterocycles. The van der Waals surface area contributed by atoms with Crippen LogP contribution in [-0.4, -0.2) is 32.1 Å². The molecule has 2 aliphatic heterocycles. The summed E-state index contributed by atoms with van der Waals surface area (Å²) >= 11 is 0. The van der Waals surface area contributed by atoms with Crippen molar-refractivity contribution in [3.05, 3.63) is 29.3 Å². The molecule has 2 nitrogen and oxygen atoms in total. The Morgan fingerprint density at radius 2 is 1.76 bits per heavy atom. The lowest BCUT2D eigenvalue weighted by molar-refractivity contribution is -0.0220. The van der Waals surface area contributed by atoms with Crippen LogP contribution in [0.5, 0.6) is 0 Å². The Bertz CT molecular complexity index is 486. The Labute approximate surface area is 125 Å². The molecule has 1 N–H and O–H groups in total. The van der Waals surface area contributed by atoms with Gasteiger partial charge in [0.2, 0.25) is 0 Å². The van der Waals surface area contributed by atoms with Gasteiger partial charge < -0.3 is 10.2 Å². The van der Waals surface area contributed by atoms with Crippen molar-refractivity contribution in [1.82, 2.24) is 5.32 Å². The van der Waals surface area contributed by atoms with Gasteiger partial charge in [0, 0.05) is 31.6 Å². The zero-order valence-corrected chi connectivity index (χ0v) is 12.7. The maximum atomic E-state index is 13.3. The van der Waals surface area contributed by atoms with E-state index in [0.717, 1.165) is 18.8 Å². The quantitative estimate of drug-likeness (QED) is 0.895. The number of halogens is 2. The molecule has 2 fully saturated rings. The van der Waals surface area contributed by atoms with Crippen LogP contribution in [0.4, 0.5) is 14.5 Å². The van der Waals surface area contributed by atoms with Crippen molar-refractivity contribution in [2.45, 2.75) is 44.4 Å². The van der Waals surface area contributed by atoms with E-state index in [4.69, 9.17) is 0 Å². The van der Waals surface area contributed by atoms with Gasteiger partial charge in [-0.2, -0.15) is 0 Å². The van der Waals surface area contributed by atoms with E-state index in [1.807, 2.05) is 0 Å². The van der Waals surface area contributed by atoms with Crippen LogP contribution in [0.3, 0.4) is 0 Å². The molecule has 0 bridgehead atoms. The highest BCUT2D eigenvalue weighted by Gasteiger charge is 2.34. The summed E-state index contributed by atoms with van der Waals surface area (Å²) in [5.41, 5.74) is 3.74. The summed E-state index contributed by atoms with van der Waals surface area (Å²) < 4.78 is 26.6. The molecule has 1 aromatic rings. The van der Waals surface area contributed by atoms with Crippen molar-refractivity contribution in [1.29, 1.82) is 0 Å². The second kappa shape index (κ2) is 5.91. The van der Waals surface area contributed by atoms with Crippen LogP contribution in [0.1, 0.15) is 42.7 Å². The minimum atomic E-state index is -2.47. The number of aryl methyl sites for hydroxylation is 1. The molecular formula is C17H24F2N2. The van der Waals surface area contributed by atoms with Crippen molar-refractivity contribution in [2.24, 2.45) is 0 Å². The first-order valence-corrected chi connectivity index (χ1v) is 7.99. The zero-order chi connectivity index (χ0) is 14.9. The first-order chi connectivity index (χ1) is 10.0. The summed E-state index contributed by atoms with van der Waals surface area (Å²) in [6.07, 6.45) is 2.29. The zero-order valence-electron chi connectivity index (χ0n) is 12.7. The Morgan fingerprint density at radius 3 is 2.43 bits per heavy atom. The summed E-state index contributed by atoms with van der Waals surface area (Å²) in [4.78, 5) is 2.12. The average molecular weight is 294 g/mol. The van der Waals surface area contributed by atoms with Gasteiger partial charge >= 0.3 is 0 Å². The largest absolute Gasteiger partial charge is 0.371 e. The lowest BCUT2D eigenvalue weighted by Gasteiger charge is -2.34. The lowest BCUT2D eigenvalue weighted by atomic mass is 9.89. The van der Waals surface area contributed by atoms with Gasteiger partial charge in [-0.15, -0.1) is 0 Å². The SMILES string of the molecule is Cc1cc(C2CCNCC2)cc(N2CCC(F)(F)CC2)c1. The van der Waals surface area contributed by atoms with Gasteiger partial charge in [-0.1, -0.05) is 6.07 Å². The first kappa shape index (κ1) is 14.8. The highest BCUT2D eigenvalue weighted by molar-refractivity contribution is 5.52. The molecule has 0 amide bonds. The van der Waals surface area contributed by atoms with Gasteiger partial charge in [0.1, 0.15) is 0 Å². The molecule has 0 unspecified atom stereocenters. The minimum absolute atomic E-state index is 0.0242. The normalized spacial score (nSPS) is 23.3. The fraction of sp³-hybridized carbons (Fsp3) is 0.647. The van der Waals surface area contributed by atoms with Crippen LogP contribution in [0.2, 0.25) is 0 Å². The molecule has 21 heavy (non-hydrogen) atoms. The molecular weight excluding hydrogens is 270 g/mol. The maximum Gasteiger partial charge on any atom is 0.251 e. The van der Waals surface area contributed by atoms with E-state index < -0.39 is 5.92 Å². The number of piperidine rings is 2. The molecule has 3 rings (SSSR count). The van der Waals surface area contributed by atoms with Crippen LogP contribution >= 0.6 is 0 Å². The number of anilines is 1. The molecule has 2 heterocycles. The predicted molar refractivity (Wildman–Crippen MR) is 82.4 cm³/mol. The van der Waals surface area contributed by atoms with Crippen LogP contribution in [0.25, 0.3) is 0 Å². The standard InChI is InChI=1S/C17H24F2N2/c1-13-10-15(14-2-6-20-7-3-14)12-16(11-13)21-8-4-17(18,19)5-9-21/h10-12,14,20H,2-9H2,1H3. The Balaban J connectivity index is 1.78. The highest BCUT2D eigenvalue weighted by atomic mass is 19.3. The smallest absolute Gasteiger partial charge is 0.251 e. The van der Waals surface area contributed by atoms with E-state index >= 15 is 0 Å². The third-order valence-corrected chi connectivity index (χ3v) is 4.76. The lowest BCUT2D eigenvalue weighted by Crippen LogP contribution is -2.39. The van der Waals surface area contributed by atoms with Crippen LogP contribution in [-0.2, 0) is 0 Å². The van der Waals surface area contributed by atoms with Gasteiger partial charge in [-0.05, 0) is 62.0 Å². The number of nitrogens with zero attached hydrogens (tertiary/aromatic N) is 1. The second-order valence-electron chi connectivity index (χ2n) is 6.47. The third kappa shape index (κ3) is 3.54. The van der Waals surface area contributed by atoms with E-state index in [2.05, 4.69) is 35.3 Å². The topological polar surface area (TPSA) is 15.3 Å². The monoisotopic (exact) mass is 294 g/mol. The summed E-state index contributed by atoms with van der Waals surface area (Å²) in [6.45, 7) is 5.17. The summed E-state index contributed by atoms with van der Waals surface area (Å²) in [7, 11) is 0. The molecule has 4 heteroatoms. The summed E-state index contributed by atoms with van der Waals surface area (Å²) in [5, 5.41) is 3.39. The Hall–Kier alpha value is -1.16. The molecule has 0 aliphatic carbocycles. The van der Waals surface area contributed by atoms with Crippen molar-refractivity contribution in [2.75, 3.05) is 31.1 Å². The number of benzene rings is 1. The minimum Gasteiger partial charge on any atom is -0.371 e. The van der Waals surface area contributed by atoms with E-state index in [1.165, 1.54) is 24.0 Å². The molecule has 0 spiro atoms. The van der Waals surface area contributed by atoms with Gasteiger partial charge in [0.15, 0.2) is 0 Å². The molecule has 116 valence electrons. The van der Waals surface area contributed by atoms with Crippen LogP contribution < -0.4 is 10.2 Å². The Kier molecular flexibility index (Phi) is 4.16. The maximum absolute atomic E-state index is 13.3. The number of hydrogen-bond donors (Lipinski definition) is 1. The van der Waals surface area contributed by atoms with Gasteiger partial charge in [0.25, 0.3) is 5.92 Å². The van der Waals surface area contributed by atoms with Crippen molar-refractivity contribution < 1.29 is 8.78 Å². The van der Waals surface area contributed by atoms with E-state index in [0.29, 0.717) is 19.0 Å². The van der Waals surface area contributed by atoms with E-state index in [1.54, 1.807) is 0 Å². The molecule has 2 saturated heterocycles. The number of rotatable bonds is 2. The Morgan fingerprint density at radius 1 is 1.10 bits per heavy atom. The molecule has 2 aliphatic rings. The fourth-order valence-corrected chi connectivity index (χ4v) is 3.46.